The number of carbonyl (C=O) groups is 1. The number of anilines is 1. The summed E-state index contributed by atoms with van der Waals surface area (Å²) in [7, 11) is 0. The molecular weight excluding hydrogens is 267 g/mol. The Morgan fingerprint density at radius 3 is 2.80 bits per heavy atom. The van der Waals surface area contributed by atoms with Crippen LogP contribution in [0.25, 0.3) is 0 Å². The van der Waals surface area contributed by atoms with Crippen molar-refractivity contribution in [2.45, 2.75) is 6.92 Å². The molecule has 2 aromatic rings. The van der Waals surface area contributed by atoms with Crippen LogP contribution in [0.1, 0.15) is 21.8 Å². The zero-order chi connectivity index (χ0) is 14.7. The van der Waals surface area contributed by atoms with Crippen LogP contribution in [0, 0.1) is 12.7 Å². The number of amides is 1. The second-order valence-electron chi connectivity index (χ2n) is 3.97. The molecule has 20 heavy (non-hydrogen) atoms. The van der Waals surface area contributed by atoms with Gasteiger partial charge in [0.1, 0.15) is 5.82 Å². The lowest BCUT2D eigenvalue weighted by Crippen LogP contribution is -2.15. The quantitative estimate of drug-likeness (QED) is 0.340. The van der Waals surface area contributed by atoms with Crippen LogP contribution < -0.4 is 11.1 Å². The Morgan fingerprint density at radius 2 is 2.25 bits per heavy atom. The van der Waals surface area contributed by atoms with Gasteiger partial charge in [0, 0.05) is 11.6 Å². The predicted octanol–water partition coefficient (Wildman–Crippen LogP) is 1.47. The Morgan fingerprint density at radius 1 is 1.50 bits per heavy atom. The van der Waals surface area contributed by atoms with Crippen LogP contribution in [0.4, 0.5) is 10.1 Å². The van der Waals surface area contributed by atoms with E-state index in [-0.39, 0.29) is 22.8 Å². The van der Waals surface area contributed by atoms with E-state index in [1.54, 1.807) is 6.92 Å². The van der Waals surface area contributed by atoms with Gasteiger partial charge in [0.05, 0.1) is 11.4 Å². The number of rotatable bonds is 3. The monoisotopic (exact) mass is 278 g/mol. The van der Waals surface area contributed by atoms with Crippen molar-refractivity contribution in [2.24, 2.45) is 10.9 Å². The number of hydrogen-bond donors (Lipinski definition) is 3. The Labute approximate surface area is 112 Å². The van der Waals surface area contributed by atoms with Gasteiger partial charge >= 0.3 is 0 Å². The van der Waals surface area contributed by atoms with E-state index in [0.29, 0.717) is 5.69 Å². The van der Waals surface area contributed by atoms with Gasteiger partial charge in [-0.15, -0.1) is 0 Å². The van der Waals surface area contributed by atoms with Crippen molar-refractivity contribution in [3.8, 4) is 0 Å². The first-order valence-electron chi connectivity index (χ1n) is 5.53. The summed E-state index contributed by atoms with van der Waals surface area (Å²) in [4.78, 5) is 11.8. The van der Waals surface area contributed by atoms with E-state index in [2.05, 4.69) is 15.6 Å². The number of amidine groups is 1. The molecule has 0 aliphatic rings. The zero-order valence-corrected chi connectivity index (χ0v) is 10.4. The molecule has 0 unspecified atom stereocenters. The molecule has 7 nitrogen and oxygen atoms in total. The minimum atomic E-state index is -0.723. The highest BCUT2D eigenvalue weighted by atomic mass is 19.1. The maximum absolute atomic E-state index is 13.8. The molecule has 0 bridgehead atoms. The minimum Gasteiger partial charge on any atom is -0.409 e. The van der Waals surface area contributed by atoms with Crippen LogP contribution >= 0.6 is 0 Å². The van der Waals surface area contributed by atoms with Crippen molar-refractivity contribution >= 4 is 17.4 Å². The lowest BCUT2D eigenvalue weighted by molar-refractivity contribution is 0.0987. The molecule has 0 aliphatic carbocycles. The molecule has 4 N–H and O–H groups in total. The summed E-state index contributed by atoms with van der Waals surface area (Å²) in [5, 5.41) is 17.1. The van der Waals surface area contributed by atoms with Gasteiger partial charge < -0.3 is 20.8 Å². The van der Waals surface area contributed by atoms with Crippen LogP contribution in [-0.4, -0.2) is 22.1 Å². The standard InChI is InChI=1S/C12H11FN4O3/c1-6-4-10(20-17-6)12(18)15-9-3-2-7(5-8(9)13)11(14)16-19/h2-5,19H,1H3,(H2,14,16)(H,15,18). The van der Waals surface area contributed by atoms with Gasteiger partial charge in [-0.25, -0.2) is 4.39 Å². The molecule has 1 aromatic heterocycles. The van der Waals surface area contributed by atoms with Crippen molar-refractivity contribution < 1.29 is 18.9 Å². The molecule has 0 spiro atoms. The van der Waals surface area contributed by atoms with Crippen LogP contribution in [-0.2, 0) is 0 Å². The molecule has 104 valence electrons. The number of carbonyl (C=O) groups excluding carboxylic acids is 1. The van der Waals surface area contributed by atoms with Crippen LogP contribution in [0.5, 0.6) is 0 Å². The molecule has 2 rings (SSSR count). The summed E-state index contributed by atoms with van der Waals surface area (Å²) in [6.07, 6.45) is 0. The zero-order valence-electron chi connectivity index (χ0n) is 10.4. The number of benzene rings is 1. The lowest BCUT2D eigenvalue weighted by atomic mass is 10.2. The van der Waals surface area contributed by atoms with Crippen molar-refractivity contribution in [3.63, 3.8) is 0 Å². The topological polar surface area (TPSA) is 114 Å². The Hall–Kier alpha value is -2.90. The van der Waals surface area contributed by atoms with Crippen molar-refractivity contribution in [1.82, 2.24) is 5.16 Å². The molecule has 0 radical (unpaired) electrons. The predicted molar refractivity (Wildman–Crippen MR) is 68.1 cm³/mol. The third kappa shape index (κ3) is 2.74. The number of halogens is 1. The van der Waals surface area contributed by atoms with Gasteiger partial charge in [-0.2, -0.15) is 0 Å². The lowest BCUT2D eigenvalue weighted by Gasteiger charge is -2.06. The first kappa shape index (κ1) is 13.5. The summed E-state index contributed by atoms with van der Waals surface area (Å²) in [6, 6.07) is 5.16. The van der Waals surface area contributed by atoms with Crippen molar-refractivity contribution in [1.29, 1.82) is 0 Å². The average molecular weight is 278 g/mol. The molecule has 1 amide bonds. The van der Waals surface area contributed by atoms with Gasteiger partial charge in [-0.1, -0.05) is 10.3 Å². The molecule has 8 heteroatoms. The van der Waals surface area contributed by atoms with Crippen molar-refractivity contribution in [2.75, 3.05) is 5.32 Å². The molecule has 1 heterocycles. The molecule has 0 saturated heterocycles. The van der Waals surface area contributed by atoms with Gasteiger partial charge in [0.15, 0.2) is 5.84 Å². The summed E-state index contributed by atoms with van der Waals surface area (Å²) >= 11 is 0. The highest BCUT2D eigenvalue weighted by Crippen LogP contribution is 2.17. The van der Waals surface area contributed by atoms with E-state index in [1.165, 1.54) is 18.2 Å². The SMILES string of the molecule is Cc1cc(C(=O)Nc2ccc(/C(N)=N/O)cc2F)on1. The largest absolute Gasteiger partial charge is 0.409 e. The minimum absolute atomic E-state index is 0.0255. The summed E-state index contributed by atoms with van der Waals surface area (Å²) in [6.45, 7) is 1.66. The second-order valence-corrected chi connectivity index (χ2v) is 3.97. The fourth-order valence-electron chi connectivity index (χ4n) is 1.49. The van der Waals surface area contributed by atoms with E-state index in [0.717, 1.165) is 6.07 Å². The highest BCUT2D eigenvalue weighted by molar-refractivity contribution is 6.03. The van der Waals surface area contributed by atoms with E-state index in [1.807, 2.05) is 0 Å². The normalized spacial score (nSPS) is 11.4. The van der Waals surface area contributed by atoms with Crippen LogP contribution in [0.2, 0.25) is 0 Å². The maximum Gasteiger partial charge on any atom is 0.294 e. The fraction of sp³-hybridized carbons (Fsp3) is 0.0833. The van der Waals surface area contributed by atoms with Gasteiger partial charge in [-0.3, -0.25) is 4.79 Å². The molecule has 0 saturated carbocycles. The second kappa shape index (κ2) is 5.39. The van der Waals surface area contributed by atoms with Gasteiger partial charge in [0.25, 0.3) is 5.91 Å². The Kier molecular flexibility index (Phi) is 3.65. The van der Waals surface area contributed by atoms with Gasteiger partial charge in [-0.05, 0) is 25.1 Å². The number of nitrogens with two attached hydrogens (primary N) is 1. The maximum atomic E-state index is 13.8. The number of aryl methyl sites for hydroxylation is 1. The number of nitrogens with zero attached hydrogens (tertiary/aromatic N) is 2. The van der Waals surface area contributed by atoms with E-state index >= 15 is 0 Å². The number of aromatic nitrogens is 1. The van der Waals surface area contributed by atoms with E-state index in [9.17, 15) is 9.18 Å². The van der Waals surface area contributed by atoms with E-state index < -0.39 is 11.7 Å². The summed E-state index contributed by atoms with van der Waals surface area (Å²) < 4.78 is 18.5. The van der Waals surface area contributed by atoms with Crippen LogP contribution in [0.15, 0.2) is 33.9 Å². The smallest absolute Gasteiger partial charge is 0.294 e. The highest BCUT2D eigenvalue weighted by Gasteiger charge is 2.14. The van der Waals surface area contributed by atoms with Gasteiger partial charge in [0.2, 0.25) is 5.76 Å². The molecule has 0 aliphatic heterocycles. The number of hydrogen-bond acceptors (Lipinski definition) is 5. The molecule has 0 atom stereocenters. The van der Waals surface area contributed by atoms with Crippen molar-refractivity contribution in [3.05, 3.63) is 47.1 Å². The van der Waals surface area contributed by atoms with Crippen LogP contribution in [0.3, 0.4) is 0 Å². The number of nitrogens with one attached hydrogen (secondary N) is 1. The Balaban J connectivity index is 2.20. The third-order valence-corrected chi connectivity index (χ3v) is 2.47. The fourth-order valence-corrected chi connectivity index (χ4v) is 1.49. The first-order valence-corrected chi connectivity index (χ1v) is 5.53. The molecule has 1 aromatic carbocycles. The third-order valence-electron chi connectivity index (χ3n) is 2.47. The number of oxime groups is 1. The van der Waals surface area contributed by atoms with E-state index in [4.69, 9.17) is 15.5 Å². The average Bonchev–Trinajstić information content (AvgIpc) is 2.86. The Bertz CT molecular complexity index is 681. The summed E-state index contributed by atoms with van der Waals surface area (Å²) in [5.41, 5.74) is 6.01. The molecule has 0 fully saturated rings. The molecular formula is C12H11FN4O3. The first-order chi connectivity index (χ1) is 9.51. The summed E-state index contributed by atoms with van der Waals surface area (Å²) in [5.74, 6) is -1.60.